The molecule has 0 saturated heterocycles. The lowest BCUT2D eigenvalue weighted by molar-refractivity contribution is -0.128. The molecule has 1 aromatic rings. The van der Waals surface area contributed by atoms with Crippen molar-refractivity contribution < 1.29 is 9.59 Å². The van der Waals surface area contributed by atoms with Gasteiger partial charge in [-0.1, -0.05) is 30.3 Å². The Balaban J connectivity index is 2.75. The zero-order valence-corrected chi connectivity index (χ0v) is 13.1. The average molecular weight is 309 g/mol. The molecular formula is C14H19N3O3S. The van der Waals surface area contributed by atoms with Crippen LogP contribution in [0.5, 0.6) is 0 Å². The van der Waals surface area contributed by atoms with Crippen molar-refractivity contribution in [3.8, 4) is 0 Å². The lowest BCUT2D eigenvalue weighted by Crippen LogP contribution is -2.55. The van der Waals surface area contributed by atoms with Crippen LogP contribution in [0.3, 0.4) is 0 Å². The van der Waals surface area contributed by atoms with Gasteiger partial charge in [-0.2, -0.15) is 0 Å². The van der Waals surface area contributed by atoms with Crippen LogP contribution in [-0.2, 0) is 16.1 Å². The minimum Gasteiger partial charge on any atom is -0.350 e. The van der Waals surface area contributed by atoms with Gasteiger partial charge >= 0.3 is 0 Å². The highest BCUT2D eigenvalue weighted by atomic mass is 32.2. The van der Waals surface area contributed by atoms with Gasteiger partial charge in [-0.3, -0.25) is 9.59 Å². The van der Waals surface area contributed by atoms with Crippen molar-refractivity contribution in [2.45, 2.75) is 38.1 Å². The summed E-state index contributed by atoms with van der Waals surface area (Å²) in [7, 11) is 0. The molecule has 0 fully saturated rings. The largest absolute Gasteiger partial charge is 0.350 e. The number of amides is 2. The van der Waals surface area contributed by atoms with Crippen LogP contribution < -0.4 is 10.6 Å². The summed E-state index contributed by atoms with van der Waals surface area (Å²) in [6, 6.07) is 8.58. The van der Waals surface area contributed by atoms with Gasteiger partial charge in [-0.25, -0.2) is 0 Å². The first-order chi connectivity index (χ1) is 9.86. The fraction of sp³-hybridized carbons (Fsp3) is 0.429. The molecule has 1 unspecified atom stereocenters. The molecule has 2 amide bonds. The summed E-state index contributed by atoms with van der Waals surface area (Å²) in [6.45, 7) is 5.04. The zero-order chi connectivity index (χ0) is 15.9. The van der Waals surface area contributed by atoms with Crippen LogP contribution in [0.1, 0.15) is 26.3 Å². The topological polar surface area (TPSA) is 87.6 Å². The molecule has 21 heavy (non-hydrogen) atoms. The van der Waals surface area contributed by atoms with Crippen LogP contribution in [0.25, 0.3) is 0 Å². The highest BCUT2D eigenvalue weighted by Gasteiger charge is 2.37. The van der Waals surface area contributed by atoms with Gasteiger partial charge in [0.2, 0.25) is 11.8 Å². The van der Waals surface area contributed by atoms with Gasteiger partial charge in [0, 0.05) is 30.0 Å². The summed E-state index contributed by atoms with van der Waals surface area (Å²) in [5.41, 5.74) is 0.950. The molecule has 114 valence electrons. The van der Waals surface area contributed by atoms with Crippen LogP contribution in [0.15, 0.2) is 34.9 Å². The molecule has 0 aromatic heterocycles. The predicted octanol–water partition coefficient (Wildman–Crippen LogP) is 2.00. The second-order valence-electron chi connectivity index (χ2n) is 5.11. The van der Waals surface area contributed by atoms with Gasteiger partial charge in [0.25, 0.3) is 0 Å². The van der Waals surface area contributed by atoms with E-state index in [9.17, 15) is 14.5 Å². The number of nitroso groups, excluding NO2 is 1. The molecular weight excluding hydrogens is 290 g/mol. The minimum absolute atomic E-state index is 0.338. The Morgan fingerprint density at radius 3 is 2.43 bits per heavy atom. The van der Waals surface area contributed by atoms with Crippen molar-refractivity contribution in [2.24, 2.45) is 4.58 Å². The van der Waals surface area contributed by atoms with E-state index in [2.05, 4.69) is 15.2 Å². The molecule has 0 aliphatic heterocycles. The molecule has 0 aliphatic carbocycles. The lowest BCUT2D eigenvalue weighted by atomic mass is 10.0. The monoisotopic (exact) mass is 309 g/mol. The van der Waals surface area contributed by atoms with E-state index in [-0.39, 0.29) is 11.8 Å². The van der Waals surface area contributed by atoms with Gasteiger partial charge < -0.3 is 10.6 Å². The molecule has 2 N–H and O–H groups in total. The number of carbonyl (C=O) groups is 2. The quantitative estimate of drug-likeness (QED) is 0.595. The summed E-state index contributed by atoms with van der Waals surface area (Å²) < 4.78 is 1.93. The molecule has 0 radical (unpaired) electrons. The second-order valence-corrected chi connectivity index (χ2v) is 6.49. The van der Waals surface area contributed by atoms with Gasteiger partial charge in [0.15, 0.2) is 0 Å². The van der Waals surface area contributed by atoms with Crippen molar-refractivity contribution in [3.63, 3.8) is 0 Å². The summed E-state index contributed by atoms with van der Waals surface area (Å²) >= 11 is 0.728. The fourth-order valence-electron chi connectivity index (χ4n) is 1.79. The molecule has 0 spiro atoms. The van der Waals surface area contributed by atoms with Gasteiger partial charge in [0.05, 0.1) is 4.75 Å². The Labute approximate surface area is 128 Å². The van der Waals surface area contributed by atoms with Crippen molar-refractivity contribution in [1.29, 1.82) is 0 Å². The third-order valence-corrected chi connectivity index (χ3v) is 3.67. The summed E-state index contributed by atoms with van der Waals surface area (Å²) in [4.78, 5) is 34.0. The molecule has 1 aromatic carbocycles. The van der Waals surface area contributed by atoms with E-state index < -0.39 is 10.8 Å². The second kappa shape index (κ2) is 7.78. The molecule has 1 rings (SSSR count). The van der Waals surface area contributed by atoms with Crippen molar-refractivity contribution >= 4 is 23.8 Å². The number of hydrogen-bond donors (Lipinski definition) is 2. The first-order valence-corrected chi connectivity index (χ1v) is 7.23. The van der Waals surface area contributed by atoms with Crippen LogP contribution in [-0.4, -0.2) is 22.6 Å². The van der Waals surface area contributed by atoms with Crippen molar-refractivity contribution in [2.75, 3.05) is 0 Å². The summed E-state index contributed by atoms with van der Waals surface area (Å²) in [5, 5.41) is 5.33. The highest BCUT2D eigenvalue weighted by molar-refractivity contribution is 7.99. The first kappa shape index (κ1) is 17.2. The van der Waals surface area contributed by atoms with Gasteiger partial charge in [-0.15, -0.1) is 4.91 Å². The first-order valence-electron chi connectivity index (χ1n) is 6.46. The van der Waals surface area contributed by atoms with E-state index in [1.165, 1.54) is 6.92 Å². The Morgan fingerprint density at radius 2 is 1.90 bits per heavy atom. The SMILES string of the molecule is CC(=O)NC(C(=O)NCc1ccccc1)C(C)(C)SN=O. The number of nitrogens with zero attached hydrogens (tertiary/aromatic N) is 1. The van der Waals surface area contributed by atoms with E-state index in [4.69, 9.17) is 0 Å². The van der Waals surface area contributed by atoms with E-state index in [0.717, 1.165) is 17.5 Å². The molecule has 0 saturated carbocycles. The maximum Gasteiger partial charge on any atom is 0.244 e. The van der Waals surface area contributed by atoms with E-state index in [1.54, 1.807) is 13.8 Å². The van der Waals surface area contributed by atoms with E-state index in [1.807, 2.05) is 30.3 Å². The Morgan fingerprint density at radius 1 is 1.29 bits per heavy atom. The predicted molar refractivity (Wildman–Crippen MR) is 83.4 cm³/mol. The molecule has 6 nitrogen and oxygen atoms in total. The Bertz CT molecular complexity index is 505. The lowest BCUT2D eigenvalue weighted by Gasteiger charge is -2.30. The Hall–Kier alpha value is -1.89. The van der Waals surface area contributed by atoms with Crippen LogP contribution in [0.2, 0.25) is 0 Å². The number of hydrogen-bond acceptors (Lipinski definition) is 5. The maximum absolute atomic E-state index is 12.3. The minimum atomic E-state index is -0.846. The highest BCUT2D eigenvalue weighted by Crippen LogP contribution is 2.29. The third kappa shape index (κ3) is 5.55. The normalized spacial score (nSPS) is 12.3. The third-order valence-electron chi connectivity index (χ3n) is 2.89. The number of carbonyl (C=O) groups excluding carboxylic acids is 2. The van der Waals surface area contributed by atoms with Crippen LogP contribution in [0, 0.1) is 4.91 Å². The molecule has 0 aliphatic rings. The number of benzene rings is 1. The van der Waals surface area contributed by atoms with Crippen molar-refractivity contribution in [1.82, 2.24) is 10.6 Å². The summed E-state index contributed by atoms with van der Waals surface area (Å²) in [5.74, 6) is -0.690. The van der Waals surface area contributed by atoms with Gasteiger partial charge in [-0.05, 0) is 19.4 Å². The Kier molecular flexibility index (Phi) is 6.36. The molecule has 0 heterocycles. The molecule has 7 heteroatoms. The zero-order valence-electron chi connectivity index (χ0n) is 12.3. The van der Waals surface area contributed by atoms with Crippen molar-refractivity contribution in [3.05, 3.63) is 40.8 Å². The van der Waals surface area contributed by atoms with E-state index in [0.29, 0.717) is 6.54 Å². The number of nitrogens with one attached hydrogen (secondary N) is 2. The van der Waals surface area contributed by atoms with Crippen LogP contribution >= 0.6 is 11.9 Å². The standard InChI is InChI=1S/C14H19N3O3S/c1-10(18)16-12(14(2,3)21-17-20)13(19)15-9-11-7-5-4-6-8-11/h4-8,12H,9H2,1-3H3,(H,15,19)(H,16,18). The van der Waals surface area contributed by atoms with Gasteiger partial charge in [0.1, 0.15) is 6.04 Å². The van der Waals surface area contributed by atoms with E-state index >= 15 is 0 Å². The molecule has 0 bridgehead atoms. The average Bonchev–Trinajstić information content (AvgIpc) is 2.43. The molecule has 1 atom stereocenters. The number of rotatable bonds is 7. The summed E-state index contributed by atoms with van der Waals surface area (Å²) in [6.07, 6.45) is 0. The fourth-order valence-corrected chi connectivity index (χ4v) is 2.26. The van der Waals surface area contributed by atoms with Crippen LogP contribution in [0.4, 0.5) is 0 Å². The maximum atomic E-state index is 12.3. The smallest absolute Gasteiger partial charge is 0.244 e.